The molecule has 6 aromatic carbocycles. The van der Waals surface area contributed by atoms with Crippen LogP contribution in [0.5, 0.6) is 0 Å². The Bertz CT molecular complexity index is 1780. The zero-order chi connectivity index (χ0) is 33.1. The van der Waals surface area contributed by atoms with Crippen LogP contribution in [-0.4, -0.2) is 7.38 Å². The first-order valence-corrected chi connectivity index (χ1v) is 19.8. The Morgan fingerprint density at radius 1 is 0.340 bits per heavy atom. The quantitative estimate of drug-likeness (QED) is 0.0832. The van der Waals surface area contributed by atoms with Crippen molar-refractivity contribution >= 4 is 34.0 Å². The summed E-state index contributed by atoms with van der Waals surface area (Å²) >= 11 is 8.42. The van der Waals surface area contributed by atoms with Crippen molar-refractivity contribution in [3.05, 3.63) is 194 Å². The molecule has 0 aromatic heterocycles. The molecule has 0 N–H and O–H groups in total. The molecule has 0 aliphatic heterocycles. The topological polar surface area (TPSA) is 0 Å². The van der Waals surface area contributed by atoms with Gasteiger partial charge in [-0.3, -0.25) is 0 Å². The summed E-state index contributed by atoms with van der Waals surface area (Å²) in [6, 6.07) is 46.4. The van der Waals surface area contributed by atoms with E-state index in [2.05, 4.69) is 169 Å². The highest BCUT2D eigenvalue weighted by molar-refractivity contribution is 7.40. The molecule has 0 nitrogen and oxygen atoms in total. The molecule has 6 aromatic rings. The Balaban J connectivity index is 1.51. The van der Waals surface area contributed by atoms with Crippen LogP contribution in [0.15, 0.2) is 127 Å². The van der Waals surface area contributed by atoms with E-state index in [1.807, 2.05) is 0 Å². The number of halogens is 1. The molecule has 0 aliphatic rings. The molecular formula is C45H45ClSi. The predicted molar refractivity (Wildman–Crippen MR) is 206 cm³/mol. The van der Waals surface area contributed by atoms with Crippen LogP contribution in [0.4, 0.5) is 0 Å². The van der Waals surface area contributed by atoms with Crippen LogP contribution in [0, 0.1) is 41.5 Å². The zero-order valence-electron chi connectivity index (χ0n) is 28.6. The summed E-state index contributed by atoms with van der Waals surface area (Å²) in [6.07, 6.45) is 2.76. The molecule has 0 heterocycles. The van der Waals surface area contributed by atoms with E-state index in [-0.39, 0.29) is 0 Å². The molecule has 0 radical (unpaired) electrons. The predicted octanol–water partition coefficient (Wildman–Crippen LogP) is 9.52. The van der Waals surface area contributed by atoms with Crippen molar-refractivity contribution < 1.29 is 0 Å². The number of benzene rings is 6. The molecule has 0 bridgehead atoms. The summed E-state index contributed by atoms with van der Waals surface area (Å²) in [5, 5.41) is 3.89. The van der Waals surface area contributed by atoms with Crippen LogP contribution in [0.2, 0.25) is 0 Å². The number of hydrogen-bond donors (Lipinski definition) is 0. The van der Waals surface area contributed by atoms with Gasteiger partial charge >= 0.3 is 0 Å². The molecule has 0 amide bonds. The minimum absolute atomic E-state index is 0.920. The van der Waals surface area contributed by atoms with Crippen LogP contribution in [0.25, 0.3) is 0 Å². The van der Waals surface area contributed by atoms with Gasteiger partial charge in [0.15, 0.2) is 0 Å². The second-order valence-electron chi connectivity index (χ2n) is 13.2. The Morgan fingerprint density at radius 2 is 0.596 bits per heavy atom. The maximum atomic E-state index is 8.42. The minimum Gasteiger partial charge on any atom is -0.149 e. The molecule has 47 heavy (non-hydrogen) atoms. The van der Waals surface area contributed by atoms with Gasteiger partial charge in [-0.2, -0.15) is 0 Å². The Morgan fingerprint density at radius 3 is 0.851 bits per heavy atom. The molecule has 2 heteroatoms. The van der Waals surface area contributed by atoms with E-state index < -0.39 is 7.38 Å². The summed E-state index contributed by atoms with van der Waals surface area (Å²) in [5.41, 5.74) is 16.1. The second-order valence-corrected chi connectivity index (χ2v) is 17.8. The van der Waals surface area contributed by atoms with E-state index in [0.717, 1.165) is 19.3 Å². The largest absolute Gasteiger partial charge is 0.248 e. The molecule has 6 rings (SSSR count). The third kappa shape index (κ3) is 6.53. The van der Waals surface area contributed by atoms with Crippen molar-refractivity contribution in [2.75, 3.05) is 0 Å². The van der Waals surface area contributed by atoms with Crippen molar-refractivity contribution in [1.29, 1.82) is 0 Å². The van der Waals surface area contributed by atoms with E-state index in [4.69, 9.17) is 11.1 Å². The van der Waals surface area contributed by atoms with Crippen LogP contribution in [-0.2, 0) is 19.3 Å². The van der Waals surface area contributed by atoms with Gasteiger partial charge in [0.1, 0.15) is 0 Å². The maximum absolute atomic E-state index is 8.42. The van der Waals surface area contributed by atoms with Gasteiger partial charge in [0, 0.05) is 0 Å². The van der Waals surface area contributed by atoms with E-state index in [0.29, 0.717) is 0 Å². The molecule has 0 aliphatic carbocycles. The summed E-state index contributed by atoms with van der Waals surface area (Å²) in [4.78, 5) is 0. The highest BCUT2D eigenvalue weighted by atomic mass is 35.6. The number of hydrogen-bond acceptors (Lipinski definition) is 0. The average Bonchev–Trinajstić information content (AvgIpc) is 3.09. The van der Waals surface area contributed by atoms with Crippen molar-refractivity contribution in [3.8, 4) is 0 Å². The molecular weight excluding hydrogens is 604 g/mol. The molecule has 0 fully saturated rings. The van der Waals surface area contributed by atoms with Gasteiger partial charge in [0.05, 0.1) is 0 Å². The van der Waals surface area contributed by atoms with Gasteiger partial charge in [0.25, 0.3) is 0 Å². The van der Waals surface area contributed by atoms with Crippen LogP contribution in [0.1, 0.15) is 66.8 Å². The molecule has 0 saturated heterocycles. The fourth-order valence-electron chi connectivity index (χ4n) is 7.21. The molecule has 0 atom stereocenters. The lowest BCUT2D eigenvalue weighted by molar-refractivity contribution is 1.14. The van der Waals surface area contributed by atoms with Crippen molar-refractivity contribution in [3.63, 3.8) is 0 Å². The highest BCUT2D eigenvalue weighted by Crippen LogP contribution is 2.27. The van der Waals surface area contributed by atoms with Gasteiger partial charge in [-0.15, -0.1) is 11.1 Å². The lowest BCUT2D eigenvalue weighted by Crippen LogP contribution is -2.65. The zero-order valence-corrected chi connectivity index (χ0v) is 30.4. The fraction of sp³-hybridized carbons (Fsp3) is 0.200. The van der Waals surface area contributed by atoms with Gasteiger partial charge < -0.3 is 0 Å². The third-order valence-electron chi connectivity index (χ3n) is 10.5. The van der Waals surface area contributed by atoms with Crippen LogP contribution >= 0.6 is 11.1 Å². The monoisotopic (exact) mass is 648 g/mol. The first-order chi connectivity index (χ1) is 22.7. The molecule has 0 spiro atoms. The summed E-state index contributed by atoms with van der Waals surface area (Å²) in [7, 11) is -2.98. The molecule has 0 unspecified atom stereocenters. The standard InChI is InChI=1S/C45H45ClSi/c1-31-34(4)43(25-22-40(31)28-37-16-10-7-11-17-37)47(46,44-26-23-41(32(2)35(44)5)29-38-18-12-8-13-19-38)45-27-24-42(33(3)36(45)6)30-39-20-14-9-15-21-39/h7-27H,28-30H2,1-6H3. The van der Waals surface area contributed by atoms with Crippen molar-refractivity contribution in [1.82, 2.24) is 0 Å². The van der Waals surface area contributed by atoms with E-state index in [1.165, 1.54) is 82.3 Å². The fourth-order valence-corrected chi connectivity index (χ4v) is 13.0. The van der Waals surface area contributed by atoms with Crippen LogP contribution in [0.3, 0.4) is 0 Å². The van der Waals surface area contributed by atoms with E-state index in [1.54, 1.807) is 0 Å². The van der Waals surface area contributed by atoms with Gasteiger partial charge in [-0.1, -0.05) is 127 Å². The van der Waals surface area contributed by atoms with Gasteiger partial charge in [-0.05, 0) is 143 Å². The number of rotatable bonds is 9. The Kier molecular flexibility index (Phi) is 9.69. The average molecular weight is 649 g/mol. The van der Waals surface area contributed by atoms with Crippen molar-refractivity contribution in [2.45, 2.75) is 60.8 Å². The normalized spacial score (nSPS) is 11.6. The first-order valence-electron chi connectivity index (χ1n) is 16.8. The lowest BCUT2D eigenvalue weighted by Gasteiger charge is -2.33. The minimum atomic E-state index is -2.98. The van der Waals surface area contributed by atoms with E-state index in [9.17, 15) is 0 Å². The molecule has 236 valence electrons. The highest BCUT2D eigenvalue weighted by Gasteiger charge is 2.42. The summed E-state index contributed by atoms with van der Waals surface area (Å²) < 4.78 is 0. The summed E-state index contributed by atoms with van der Waals surface area (Å²) in [5.74, 6) is 0. The lowest BCUT2D eigenvalue weighted by atomic mass is 9.97. The Hall–Kier alpha value is -4.17. The van der Waals surface area contributed by atoms with Crippen LogP contribution < -0.4 is 15.6 Å². The van der Waals surface area contributed by atoms with Gasteiger partial charge in [-0.25, -0.2) is 0 Å². The third-order valence-corrected chi connectivity index (χ3v) is 16.2. The van der Waals surface area contributed by atoms with Crippen molar-refractivity contribution in [2.24, 2.45) is 0 Å². The SMILES string of the molecule is Cc1c(Cc2ccccc2)ccc([Si](Cl)(c2ccc(Cc3ccccc3)c(C)c2C)c2ccc(Cc3ccccc3)c(C)c2C)c1C. The van der Waals surface area contributed by atoms with Gasteiger partial charge in [0.2, 0.25) is 7.38 Å². The second kappa shape index (κ2) is 13.9. The first kappa shape index (κ1) is 32.8. The maximum Gasteiger partial charge on any atom is 0.248 e. The molecule has 0 saturated carbocycles. The summed E-state index contributed by atoms with van der Waals surface area (Å²) in [6.45, 7) is 13.7. The Labute approximate surface area is 287 Å². The smallest absolute Gasteiger partial charge is 0.149 e. The van der Waals surface area contributed by atoms with E-state index >= 15 is 0 Å².